The van der Waals surface area contributed by atoms with Crippen LogP contribution in [0, 0.1) is 5.82 Å². The fourth-order valence-corrected chi connectivity index (χ4v) is 4.12. The van der Waals surface area contributed by atoms with Gasteiger partial charge in [-0.1, -0.05) is 65.8 Å². The maximum atomic E-state index is 13.8. The smallest absolute Gasteiger partial charge is 0.247 e. The number of rotatable bonds is 4. The van der Waals surface area contributed by atoms with E-state index in [0.29, 0.717) is 33.1 Å². The van der Waals surface area contributed by atoms with Gasteiger partial charge in [0.2, 0.25) is 11.0 Å². The number of benzene rings is 3. The molecular weight excluding hydrogens is 435 g/mol. The van der Waals surface area contributed by atoms with Gasteiger partial charge in [0.15, 0.2) is 11.9 Å². The Kier molecular flexibility index (Phi) is 5.44. The maximum absolute atomic E-state index is 13.8. The second-order valence-corrected chi connectivity index (χ2v) is 8.29. The van der Waals surface area contributed by atoms with E-state index < -0.39 is 6.23 Å². The van der Waals surface area contributed by atoms with Crippen LogP contribution in [-0.2, 0) is 5.75 Å². The van der Waals surface area contributed by atoms with E-state index in [1.165, 1.54) is 23.9 Å². The van der Waals surface area contributed by atoms with Crippen molar-refractivity contribution < 1.29 is 9.13 Å². The summed E-state index contributed by atoms with van der Waals surface area (Å²) in [6, 6.07) is 21.6. The predicted molar refractivity (Wildman–Crippen MR) is 120 cm³/mol. The maximum Gasteiger partial charge on any atom is 0.247 e. The molecule has 1 aliphatic heterocycles. The van der Waals surface area contributed by atoms with Crippen molar-refractivity contribution in [3.05, 3.63) is 94.8 Å². The molecule has 5 rings (SSSR count). The number of fused-ring (bicyclic) bond motifs is 3. The van der Waals surface area contributed by atoms with Crippen molar-refractivity contribution in [3.8, 4) is 17.1 Å². The Balaban J connectivity index is 1.48. The molecular formula is C23H16ClFN4OS. The minimum absolute atomic E-state index is 0.333. The van der Waals surface area contributed by atoms with Crippen LogP contribution in [0.3, 0.4) is 0 Å². The Bertz CT molecular complexity index is 1240. The van der Waals surface area contributed by atoms with Crippen LogP contribution in [0.5, 0.6) is 5.88 Å². The Hall–Kier alpha value is -3.16. The molecule has 0 aliphatic carbocycles. The van der Waals surface area contributed by atoms with E-state index in [4.69, 9.17) is 16.3 Å². The third kappa shape index (κ3) is 4.33. The lowest BCUT2D eigenvalue weighted by Gasteiger charge is -2.19. The second kappa shape index (κ2) is 8.53. The lowest BCUT2D eigenvalue weighted by Crippen LogP contribution is -2.17. The molecule has 0 fully saturated rings. The summed E-state index contributed by atoms with van der Waals surface area (Å²) in [6.45, 7) is 0. The minimum atomic E-state index is -0.621. The number of nitrogens with one attached hydrogen (secondary N) is 1. The average Bonchev–Trinajstić information content (AvgIpc) is 2.95. The molecule has 5 nitrogen and oxygen atoms in total. The highest BCUT2D eigenvalue weighted by atomic mass is 35.5. The van der Waals surface area contributed by atoms with Gasteiger partial charge in [0.25, 0.3) is 0 Å². The number of hydrogen-bond donors (Lipinski definition) is 1. The van der Waals surface area contributed by atoms with Crippen molar-refractivity contribution in [2.24, 2.45) is 0 Å². The number of anilines is 1. The van der Waals surface area contributed by atoms with Crippen molar-refractivity contribution in [1.82, 2.24) is 15.2 Å². The average molecular weight is 451 g/mol. The van der Waals surface area contributed by atoms with Gasteiger partial charge in [-0.2, -0.15) is 4.98 Å². The second-order valence-electron chi connectivity index (χ2n) is 6.91. The number of aromatic nitrogens is 3. The van der Waals surface area contributed by atoms with Crippen LogP contribution in [0.4, 0.5) is 10.1 Å². The third-order valence-corrected chi connectivity index (χ3v) is 5.93. The summed E-state index contributed by atoms with van der Waals surface area (Å²) in [7, 11) is 0. The molecule has 3 aromatic carbocycles. The summed E-state index contributed by atoms with van der Waals surface area (Å²) in [5, 5.41) is 13.2. The Labute approximate surface area is 187 Å². The van der Waals surface area contributed by atoms with Crippen molar-refractivity contribution in [3.63, 3.8) is 0 Å². The van der Waals surface area contributed by atoms with E-state index in [2.05, 4.69) is 20.5 Å². The van der Waals surface area contributed by atoms with Crippen molar-refractivity contribution in [1.29, 1.82) is 0 Å². The molecule has 0 saturated heterocycles. The SMILES string of the molecule is Fc1cccc(C2Nc3ccccc3-c3nnc(SCc4ccc(Cl)cc4)nc3O2)c1. The number of nitrogens with zero attached hydrogens (tertiary/aromatic N) is 3. The lowest BCUT2D eigenvalue weighted by atomic mass is 10.1. The predicted octanol–water partition coefficient (Wildman–Crippen LogP) is 6.13. The standard InChI is InChI=1S/C23H16ClFN4OS/c24-16-10-8-14(9-11-16)13-31-23-27-22-20(28-29-23)18-6-1-2-7-19(18)26-21(30-22)15-4-3-5-17(25)12-15/h1-12,21,26H,13H2. The summed E-state index contributed by atoms with van der Waals surface area (Å²) < 4.78 is 20.0. The number of halogens is 2. The number of ether oxygens (including phenoxy) is 1. The highest BCUT2D eigenvalue weighted by Gasteiger charge is 2.26. The first-order valence-electron chi connectivity index (χ1n) is 9.56. The normalized spacial score (nSPS) is 14.6. The summed E-state index contributed by atoms with van der Waals surface area (Å²) in [5.41, 5.74) is 3.92. The molecule has 4 aromatic rings. The summed E-state index contributed by atoms with van der Waals surface area (Å²) in [4.78, 5) is 4.61. The highest BCUT2D eigenvalue weighted by molar-refractivity contribution is 7.98. The van der Waals surface area contributed by atoms with Crippen LogP contribution in [0.25, 0.3) is 11.3 Å². The van der Waals surface area contributed by atoms with Crippen molar-refractivity contribution in [2.45, 2.75) is 17.1 Å². The van der Waals surface area contributed by atoms with Gasteiger partial charge in [-0.3, -0.25) is 0 Å². The summed E-state index contributed by atoms with van der Waals surface area (Å²) in [5.74, 6) is 0.681. The Morgan fingerprint density at radius 3 is 2.68 bits per heavy atom. The van der Waals surface area contributed by atoms with Gasteiger partial charge < -0.3 is 10.1 Å². The first-order valence-corrected chi connectivity index (χ1v) is 10.9. The van der Waals surface area contributed by atoms with Crippen LogP contribution in [0.2, 0.25) is 5.02 Å². The molecule has 1 unspecified atom stereocenters. The number of para-hydroxylation sites is 1. The molecule has 0 radical (unpaired) electrons. The Morgan fingerprint density at radius 1 is 1.00 bits per heavy atom. The van der Waals surface area contributed by atoms with Crippen LogP contribution in [0.15, 0.2) is 78.0 Å². The Morgan fingerprint density at radius 2 is 1.84 bits per heavy atom. The monoisotopic (exact) mass is 450 g/mol. The van der Waals surface area contributed by atoms with E-state index in [0.717, 1.165) is 16.8 Å². The summed E-state index contributed by atoms with van der Waals surface area (Å²) in [6.07, 6.45) is -0.621. The zero-order valence-electron chi connectivity index (χ0n) is 16.1. The zero-order valence-corrected chi connectivity index (χ0v) is 17.7. The van der Waals surface area contributed by atoms with Gasteiger partial charge in [-0.05, 0) is 35.9 Å². The van der Waals surface area contributed by atoms with Crippen LogP contribution in [0.1, 0.15) is 17.4 Å². The molecule has 31 heavy (non-hydrogen) atoms. The van der Waals surface area contributed by atoms with Gasteiger partial charge in [0.05, 0.1) is 0 Å². The quantitative estimate of drug-likeness (QED) is 0.377. The van der Waals surface area contributed by atoms with Gasteiger partial charge >= 0.3 is 0 Å². The molecule has 1 aliphatic rings. The molecule has 1 atom stereocenters. The van der Waals surface area contributed by atoms with Crippen molar-refractivity contribution >= 4 is 29.1 Å². The summed E-state index contributed by atoms with van der Waals surface area (Å²) >= 11 is 7.40. The molecule has 1 aromatic heterocycles. The van der Waals surface area contributed by atoms with E-state index in [1.54, 1.807) is 12.1 Å². The van der Waals surface area contributed by atoms with E-state index in [9.17, 15) is 4.39 Å². The first kappa shape index (κ1) is 19.8. The number of hydrogen-bond acceptors (Lipinski definition) is 6. The van der Waals surface area contributed by atoms with Gasteiger partial charge in [-0.15, -0.1) is 10.2 Å². The largest absolute Gasteiger partial charge is 0.448 e. The third-order valence-electron chi connectivity index (χ3n) is 4.77. The molecule has 0 amide bonds. The van der Waals surface area contributed by atoms with Crippen LogP contribution < -0.4 is 10.1 Å². The van der Waals surface area contributed by atoms with Crippen LogP contribution >= 0.6 is 23.4 Å². The van der Waals surface area contributed by atoms with Crippen molar-refractivity contribution in [2.75, 3.05) is 5.32 Å². The molecule has 154 valence electrons. The fourth-order valence-electron chi connectivity index (χ4n) is 3.26. The molecule has 8 heteroatoms. The molecule has 2 heterocycles. The van der Waals surface area contributed by atoms with Gasteiger partial charge in [0, 0.05) is 27.6 Å². The first-order chi connectivity index (χ1) is 15.2. The molecule has 1 N–H and O–H groups in total. The van der Waals surface area contributed by atoms with E-state index >= 15 is 0 Å². The van der Waals surface area contributed by atoms with Crippen LogP contribution in [-0.4, -0.2) is 15.2 Å². The van der Waals surface area contributed by atoms with Gasteiger partial charge in [-0.25, -0.2) is 4.39 Å². The molecule has 0 saturated carbocycles. The topological polar surface area (TPSA) is 59.9 Å². The van der Waals surface area contributed by atoms with E-state index in [1.807, 2.05) is 48.5 Å². The van der Waals surface area contributed by atoms with Gasteiger partial charge in [0.1, 0.15) is 5.82 Å². The van der Waals surface area contributed by atoms with E-state index in [-0.39, 0.29) is 5.82 Å². The fraction of sp³-hybridized carbons (Fsp3) is 0.0870. The minimum Gasteiger partial charge on any atom is -0.448 e. The highest BCUT2D eigenvalue weighted by Crippen LogP contribution is 2.39. The molecule has 0 bridgehead atoms. The number of thioether (sulfide) groups is 1. The lowest BCUT2D eigenvalue weighted by molar-refractivity contribution is 0.225. The molecule has 0 spiro atoms. The zero-order chi connectivity index (χ0) is 21.2.